The molecule has 11 heteroatoms. The van der Waals surface area contributed by atoms with Gasteiger partial charge in [-0.2, -0.15) is 0 Å². The quantitative estimate of drug-likeness (QED) is 0.198. The van der Waals surface area contributed by atoms with E-state index < -0.39 is 47.9 Å². The number of benzene rings is 2. The first kappa shape index (κ1) is 34.5. The van der Waals surface area contributed by atoms with Gasteiger partial charge in [0.05, 0.1) is 22.5 Å². The highest BCUT2D eigenvalue weighted by atomic mass is 32.1. The van der Waals surface area contributed by atoms with Crippen molar-refractivity contribution in [2.24, 2.45) is 5.92 Å². The van der Waals surface area contributed by atoms with Crippen LogP contribution in [0.5, 0.6) is 0 Å². The van der Waals surface area contributed by atoms with Crippen molar-refractivity contribution in [3.63, 3.8) is 0 Å². The molecule has 4 atom stereocenters. The summed E-state index contributed by atoms with van der Waals surface area (Å²) in [6, 6.07) is 17.0. The molecule has 1 heterocycles. The third-order valence-electron chi connectivity index (χ3n) is 6.71. The number of aliphatic hydroxyl groups excluding tert-OH is 1. The number of hydrogen-bond donors (Lipinski definition) is 4. The van der Waals surface area contributed by atoms with E-state index in [-0.39, 0.29) is 18.9 Å². The van der Waals surface area contributed by atoms with E-state index in [0.717, 1.165) is 16.0 Å². The predicted molar refractivity (Wildman–Crippen MR) is 170 cm³/mol. The number of aromatic nitrogens is 1. The molecule has 1 aromatic heterocycles. The number of nitrogens with one attached hydrogen (secondary N) is 3. The molecule has 2 aromatic carbocycles. The van der Waals surface area contributed by atoms with Crippen LogP contribution < -0.4 is 16.0 Å². The fourth-order valence-corrected chi connectivity index (χ4v) is 5.11. The molecule has 44 heavy (non-hydrogen) atoms. The van der Waals surface area contributed by atoms with E-state index in [1.165, 1.54) is 11.3 Å². The largest absolute Gasteiger partial charge is 0.444 e. The lowest BCUT2D eigenvalue weighted by molar-refractivity contribution is -0.125. The van der Waals surface area contributed by atoms with Gasteiger partial charge in [-0.15, -0.1) is 11.3 Å². The summed E-state index contributed by atoms with van der Waals surface area (Å²) < 4.78 is 10.8. The SMILES string of the molecule is CC(C)[C@H](NC(=O)OC(C)(C)C)C(=O)N[C@@H](Cc1ccccc1)CC(O)C(Cc1ccccc1)NC(=O)OCc1cncs1. The van der Waals surface area contributed by atoms with E-state index >= 15 is 0 Å². The second kappa shape index (κ2) is 16.8. The molecule has 4 N–H and O–H groups in total. The Morgan fingerprint density at radius 2 is 1.50 bits per heavy atom. The third kappa shape index (κ3) is 12.3. The zero-order chi connectivity index (χ0) is 32.1. The summed E-state index contributed by atoms with van der Waals surface area (Å²) in [6.07, 6.45) is 0.139. The molecule has 238 valence electrons. The van der Waals surface area contributed by atoms with Gasteiger partial charge in [0, 0.05) is 12.2 Å². The van der Waals surface area contributed by atoms with Crippen LogP contribution in [0.15, 0.2) is 72.4 Å². The summed E-state index contributed by atoms with van der Waals surface area (Å²) in [5, 5.41) is 20.1. The molecule has 3 rings (SSSR count). The van der Waals surface area contributed by atoms with Crippen molar-refractivity contribution in [1.82, 2.24) is 20.9 Å². The van der Waals surface area contributed by atoms with Crippen molar-refractivity contribution >= 4 is 29.4 Å². The van der Waals surface area contributed by atoms with Gasteiger partial charge in [-0.1, -0.05) is 74.5 Å². The number of amides is 3. The highest BCUT2D eigenvalue weighted by Crippen LogP contribution is 2.16. The Morgan fingerprint density at radius 3 is 2.05 bits per heavy atom. The van der Waals surface area contributed by atoms with Crippen LogP contribution in [0.1, 0.15) is 57.0 Å². The van der Waals surface area contributed by atoms with Gasteiger partial charge in [0.2, 0.25) is 5.91 Å². The molecule has 0 saturated carbocycles. The van der Waals surface area contributed by atoms with Crippen molar-refractivity contribution in [2.45, 2.75) is 90.3 Å². The summed E-state index contributed by atoms with van der Waals surface area (Å²) in [7, 11) is 0. The minimum atomic E-state index is -1.04. The van der Waals surface area contributed by atoms with Crippen LogP contribution in [-0.2, 0) is 33.7 Å². The Hall–Kier alpha value is -3.96. The van der Waals surface area contributed by atoms with Gasteiger partial charge < -0.3 is 30.5 Å². The number of hydrogen-bond acceptors (Lipinski definition) is 8. The van der Waals surface area contributed by atoms with Crippen LogP contribution >= 0.6 is 11.3 Å². The topological polar surface area (TPSA) is 139 Å². The van der Waals surface area contributed by atoms with E-state index in [9.17, 15) is 19.5 Å². The van der Waals surface area contributed by atoms with Gasteiger partial charge in [-0.05, 0) is 57.1 Å². The third-order valence-corrected chi connectivity index (χ3v) is 7.47. The number of carbonyl (C=O) groups is 3. The number of aliphatic hydroxyl groups is 1. The summed E-state index contributed by atoms with van der Waals surface area (Å²) in [5.41, 5.74) is 2.82. The summed E-state index contributed by atoms with van der Waals surface area (Å²) in [5.74, 6) is -0.624. The zero-order valence-corrected chi connectivity index (χ0v) is 26.8. The molecule has 0 saturated heterocycles. The highest BCUT2D eigenvalue weighted by molar-refractivity contribution is 7.09. The molecule has 3 amide bonds. The summed E-state index contributed by atoms with van der Waals surface area (Å²) in [4.78, 5) is 43.6. The first-order chi connectivity index (χ1) is 20.9. The number of nitrogens with zero attached hydrogens (tertiary/aromatic N) is 1. The van der Waals surface area contributed by atoms with Gasteiger partial charge in [0.1, 0.15) is 18.2 Å². The smallest absolute Gasteiger partial charge is 0.408 e. The Kier molecular flexibility index (Phi) is 13.2. The maximum Gasteiger partial charge on any atom is 0.408 e. The van der Waals surface area contributed by atoms with Crippen LogP contribution in [0.4, 0.5) is 9.59 Å². The second-order valence-electron chi connectivity index (χ2n) is 12.1. The molecular formula is C33H44N4O6S. The monoisotopic (exact) mass is 624 g/mol. The molecule has 0 aliphatic heterocycles. The Morgan fingerprint density at radius 1 is 0.886 bits per heavy atom. The molecule has 3 aromatic rings. The Labute approximate surface area is 263 Å². The molecule has 0 aliphatic carbocycles. The zero-order valence-electron chi connectivity index (χ0n) is 26.0. The van der Waals surface area contributed by atoms with Crippen molar-refractivity contribution < 1.29 is 29.0 Å². The molecule has 10 nitrogen and oxygen atoms in total. The number of carbonyl (C=O) groups excluding carboxylic acids is 3. The van der Waals surface area contributed by atoms with Crippen LogP contribution in [0.2, 0.25) is 0 Å². The van der Waals surface area contributed by atoms with E-state index in [2.05, 4.69) is 20.9 Å². The van der Waals surface area contributed by atoms with Gasteiger partial charge in [0.15, 0.2) is 0 Å². The Balaban J connectivity index is 1.77. The molecule has 0 fully saturated rings. The molecule has 0 bridgehead atoms. The average Bonchev–Trinajstić information content (AvgIpc) is 3.48. The Bertz CT molecular complexity index is 1300. The van der Waals surface area contributed by atoms with Gasteiger partial charge in [-0.25, -0.2) is 9.59 Å². The fraction of sp³-hybridized carbons (Fsp3) is 0.455. The summed E-state index contributed by atoms with van der Waals surface area (Å²) >= 11 is 1.38. The molecule has 0 aliphatic rings. The van der Waals surface area contributed by atoms with Crippen LogP contribution in [-0.4, -0.2) is 58.0 Å². The number of ether oxygens (including phenoxy) is 2. The number of thiazole rings is 1. The first-order valence-corrected chi connectivity index (χ1v) is 15.6. The van der Waals surface area contributed by atoms with Crippen LogP contribution in [0.25, 0.3) is 0 Å². The van der Waals surface area contributed by atoms with Crippen LogP contribution in [0, 0.1) is 5.92 Å². The lowest BCUT2D eigenvalue weighted by atomic mass is 9.93. The van der Waals surface area contributed by atoms with E-state index in [0.29, 0.717) is 12.8 Å². The summed E-state index contributed by atoms with van der Waals surface area (Å²) in [6.45, 7) is 9.00. The molecule has 2 unspecified atom stereocenters. The van der Waals surface area contributed by atoms with E-state index in [1.54, 1.807) is 32.5 Å². The van der Waals surface area contributed by atoms with Crippen molar-refractivity contribution in [3.8, 4) is 0 Å². The van der Waals surface area contributed by atoms with Crippen molar-refractivity contribution in [3.05, 3.63) is 88.4 Å². The minimum absolute atomic E-state index is 0.0680. The lowest BCUT2D eigenvalue weighted by Gasteiger charge is -2.30. The maximum atomic E-state index is 13.5. The highest BCUT2D eigenvalue weighted by Gasteiger charge is 2.31. The van der Waals surface area contributed by atoms with E-state index in [4.69, 9.17) is 9.47 Å². The standard InChI is InChI=1S/C33H44N4O6S/c1-22(2)29(37-32(41)43-33(3,4)5)30(39)35-25(16-23-12-8-6-9-13-23)18-28(38)27(17-24-14-10-7-11-15-24)36-31(40)42-20-26-19-34-21-44-26/h6-15,19,21-22,25,27-29,38H,16-18,20H2,1-5H3,(H,35,39)(H,36,40)(H,37,41)/t25-,27?,28?,29-/m0/s1. The maximum absolute atomic E-state index is 13.5. The second-order valence-corrected chi connectivity index (χ2v) is 13.0. The van der Waals surface area contributed by atoms with Crippen LogP contribution in [0.3, 0.4) is 0 Å². The number of rotatable bonds is 14. The van der Waals surface area contributed by atoms with Gasteiger partial charge in [0.25, 0.3) is 0 Å². The lowest BCUT2D eigenvalue weighted by Crippen LogP contribution is -2.54. The first-order valence-electron chi connectivity index (χ1n) is 14.8. The van der Waals surface area contributed by atoms with Crippen molar-refractivity contribution in [2.75, 3.05) is 0 Å². The predicted octanol–water partition coefficient (Wildman–Crippen LogP) is 5.01. The molecule has 0 spiro atoms. The van der Waals surface area contributed by atoms with Crippen molar-refractivity contribution in [1.29, 1.82) is 0 Å². The number of alkyl carbamates (subject to hydrolysis) is 2. The van der Waals surface area contributed by atoms with E-state index in [1.807, 2.05) is 74.5 Å². The van der Waals surface area contributed by atoms with Gasteiger partial charge in [-0.3, -0.25) is 9.78 Å². The normalized spacial score (nSPS) is 14.2. The minimum Gasteiger partial charge on any atom is -0.444 e. The average molecular weight is 625 g/mol. The van der Waals surface area contributed by atoms with Gasteiger partial charge >= 0.3 is 12.2 Å². The fourth-order valence-electron chi connectivity index (χ4n) is 4.60. The molecule has 0 radical (unpaired) electrons. The molecular weight excluding hydrogens is 580 g/mol.